The predicted octanol–water partition coefficient (Wildman–Crippen LogP) is 5.24. The van der Waals surface area contributed by atoms with Crippen LogP contribution in [0.1, 0.15) is 5.69 Å². The van der Waals surface area contributed by atoms with Gasteiger partial charge in [0.15, 0.2) is 10.1 Å². The van der Waals surface area contributed by atoms with Gasteiger partial charge in [-0.2, -0.15) is 0 Å². The quantitative estimate of drug-likeness (QED) is 0.428. The summed E-state index contributed by atoms with van der Waals surface area (Å²) in [6.45, 7) is 0. The first-order valence-corrected chi connectivity index (χ1v) is 9.99. The van der Waals surface area contributed by atoms with Gasteiger partial charge in [0.25, 0.3) is 0 Å². The SMILES string of the molecule is COc1cccc(Nc2nnc(SCc3cc(-c4ccccc4)on3)s2)c1. The van der Waals surface area contributed by atoms with Gasteiger partial charge in [0, 0.05) is 29.1 Å². The molecule has 0 spiro atoms. The minimum absolute atomic E-state index is 0.671. The molecule has 0 aliphatic heterocycles. The summed E-state index contributed by atoms with van der Waals surface area (Å²) in [5, 5.41) is 16.5. The van der Waals surface area contributed by atoms with Crippen LogP contribution >= 0.6 is 23.1 Å². The van der Waals surface area contributed by atoms with Gasteiger partial charge in [-0.05, 0) is 12.1 Å². The van der Waals surface area contributed by atoms with E-state index in [0.29, 0.717) is 5.75 Å². The molecule has 0 aliphatic rings. The third-order valence-electron chi connectivity index (χ3n) is 3.69. The second-order valence-electron chi connectivity index (χ2n) is 5.57. The smallest absolute Gasteiger partial charge is 0.210 e. The van der Waals surface area contributed by atoms with E-state index in [0.717, 1.165) is 37.9 Å². The normalized spacial score (nSPS) is 10.7. The van der Waals surface area contributed by atoms with Crippen molar-refractivity contribution in [2.75, 3.05) is 12.4 Å². The maximum absolute atomic E-state index is 5.42. The van der Waals surface area contributed by atoms with E-state index in [2.05, 4.69) is 20.7 Å². The molecule has 2 aromatic carbocycles. The first-order valence-electron chi connectivity index (χ1n) is 8.18. The fourth-order valence-electron chi connectivity index (χ4n) is 2.40. The molecule has 4 rings (SSSR count). The number of thioether (sulfide) groups is 1. The predicted molar refractivity (Wildman–Crippen MR) is 108 cm³/mol. The Morgan fingerprint density at radius 1 is 1.07 bits per heavy atom. The molecule has 0 saturated heterocycles. The van der Waals surface area contributed by atoms with Crippen LogP contribution in [0.5, 0.6) is 5.75 Å². The Kier molecular flexibility index (Phi) is 5.36. The molecule has 0 bridgehead atoms. The van der Waals surface area contributed by atoms with Crippen LogP contribution in [0.2, 0.25) is 0 Å². The van der Waals surface area contributed by atoms with Crippen LogP contribution in [-0.4, -0.2) is 22.5 Å². The number of anilines is 2. The summed E-state index contributed by atoms with van der Waals surface area (Å²) in [4.78, 5) is 0. The van der Waals surface area contributed by atoms with E-state index in [4.69, 9.17) is 9.26 Å². The number of benzene rings is 2. The molecule has 0 atom stereocenters. The summed E-state index contributed by atoms with van der Waals surface area (Å²) >= 11 is 3.07. The van der Waals surface area contributed by atoms with Crippen molar-refractivity contribution < 1.29 is 9.26 Å². The molecule has 8 heteroatoms. The van der Waals surface area contributed by atoms with Gasteiger partial charge in [-0.1, -0.05) is 64.7 Å². The number of nitrogens with one attached hydrogen (secondary N) is 1. The van der Waals surface area contributed by atoms with Crippen LogP contribution in [0.3, 0.4) is 0 Å². The fraction of sp³-hybridized carbons (Fsp3) is 0.105. The summed E-state index contributed by atoms with van der Waals surface area (Å²) in [6, 6.07) is 19.6. The molecule has 0 aliphatic carbocycles. The highest BCUT2D eigenvalue weighted by molar-refractivity contribution is 8.00. The molecule has 1 N–H and O–H groups in total. The number of ether oxygens (including phenoxy) is 1. The fourth-order valence-corrected chi connectivity index (χ4v) is 4.05. The zero-order valence-electron chi connectivity index (χ0n) is 14.5. The van der Waals surface area contributed by atoms with Crippen molar-refractivity contribution in [2.24, 2.45) is 0 Å². The maximum Gasteiger partial charge on any atom is 0.210 e. The molecule has 0 saturated carbocycles. The minimum atomic E-state index is 0.671. The molecule has 0 fully saturated rings. The Morgan fingerprint density at radius 2 is 1.96 bits per heavy atom. The molecule has 0 radical (unpaired) electrons. The molecule has 2 heterocycles. The molecule has 0 amide bonds. The van der Waals surface area contributed by atoms with E-state index in [1.54, 1.807) is 18.9 Å². The molecule has 27 heavy (non-hydrogen) atoms. The molecule has 6 nitrogen and oxygen atoms in total. The van der Waals surface area contributed by atoms with E-state index in [1.165, 1.54) is 11.3 Å². The van der Waals surface area contributed by atoms with E-state index >= 15 is 0 Å². The molecule has 2 aromatic heterocycles. The Hall–Kier alpha value is -2.84. The van der Waals surface area contributed by atoms with Crippen molar-refractivity contribution in [1.82, 2.24) is 15.4 Å². The van der Waals surface area contributed by atoms with Gasteiger partial charge in [0.1, 0.15) is 5.75 Å². The number of nitrogens with zero attached hydrogens (tertiary/aromatic N) is 3. The summed E-state index contributed by atoms with van der Waals surface area (Å²) < 4.78 is 11.5. The average Bonchev–Trinajstić information content (AvgIpc) is 3.37. The van der Waals surface area contributed by atoms with Crippen molar-refractivity contribution in [3.05, 3.63) is 66.4 Å². The van der Waals surface area contributed by atoms with Gasteiger partial charge in [0.05, 0.1) is 12.8 Å². The summed E-state index contributed by atoms with van der Waals surface area (Å²) in [7, 11) is 1.64. The molecule has 0 unspecified atom stereocenters. The zero-order chi connectivity index (χ0) is 18.5. The molecular formula is C19H16N4O2S2. The van der Waals surface area contributed by atoms with Crippen molar-refractivity contribution >= 4 is 33.9 Å². The number of hydrogen-bond acceptors (Lipinski definition) is 8. The third-order valence-corrected chi connectivity index (χ3v) is 5.69. The Balaban J connectivity index is 1.36. The molecule has 4 aromatic rings. The van der Waals surface area contributed by atoms with Crippen LogP contribution in [0.25, 0.3) is 11.3 Å². The van der Waals surface area contributed by atoms with Crippen molar-refractivity contribution in [2.45, 2.75) is 10.1 Å². The topological polar surface area (TPSA) is 73.1 Å². The standard InChI is InChI=1S/C19H16N4O2S2/c1-24-16-9-5-8-14(10-16)20-18-21-22-19(27-18)26-12-15-11-17(25-23-15)13-6-3-2-4-7-13/h2-11H,12H2,1H3,(H,20,21). The first kappa shape index (κ1) is 17.6. The highest BCUT2D eigenvalue weighted by atomic mass is 32.2. The van der Waals surface area contributed by atoms with Crippen LogP contribution in [-0.2, 0) is 5.75 Å². The average molecular weight is 396 g/mol. The summed E-state index contributed by atoms with van der Waals surface area (Å²) in [6.07, 6.45) is 0. The van der Waals surface area contributed by atoms with E-state index in [9.17, 15) is 0 Å². The maximum atomic E-state index is 5.42. The highest BCUT2D eigenvalue weighted by Crippen LogP contribution is 2.31. The highest BCUT2D eigenvalue weighted by Gasteiger charge is 2.10. The van der Waals surface area contributed by atoms with Gasteiger partial charge in [0.2, 0.25) is 5.13 Å². The number of methoxy groups -OCH3 is 1. The zero-order valence-corrected chi connectivity index (χ0v) is 16.1. The Labute approximate surface area is 164 Å². The monoisotopic (exact) mass is 396 g/mol. The van der Waals surface area contributed by atoms with E-state index < -0.39 is 0 Å². The first-order chi connectivity index (χ1) is 13.3. The lowest BCUT2D eigenvalue weighted by Gasteiger charge is -2.04. The van der Waals surface area contributed by atoms with Crippen LogP contribution in [0.15, 0.2) is 69.5 Å². The summed E-state index contributed by atoms with van der Waals surface area (Å²) in [5.41, 5.74) is 2.80. The number of aromatic nitrogens is 3. The van der Waals surface area contributed by atoms with Gasteiger partial charge >= 0.3 is 0 Å². The Morgan fingerprint density at radius 3 is 2.81 bits per heavy atom. The van der Waals surface area contributed by atoms with E-state index in [-0.39, 0.29) is 0 Å². The number of hydrogen-bond donors (Lipinski definition) is 1. The second-order valence-corrected chi connectivity index (χ2v) is 7.77. The van der Waals surface area contributed by atoms with Gasteiger partial charge in [-0.25, -0.2) is 0 Å². The van der Waals surface area contributed by atoms with Crippen molar-refractivity contribution in [1.29, 1.82) is 0 Å². The molecular weight excluding hydrogens is 380 g/mol. The minimum Gasteiger partial charge on any atom is -0.497 e. The van der Waals surface area contributed by atoms with Gasteiger partial charge in [-0.15, -0.1) is 10.2 Å². The van der Waals surface area contributed by atoms with Gasteiger partial charge in [-0.3, -0.25) is 0 Å². The summed E-state index contributed by atoms with van der Waals surface area (Å²) in [5.74, 6) is 2.23. The largest absolute Gasteiger partial charge is 0.497 e. The van der Waals surface area contributed by atoms with Crippen LogP contribution in [0.4, 0.5) is 10.8 Å². The lowest BCUT2D eigenvalue weighted by Crippen LogP contribution is -1.90. The second kappa shape index (κ2) is 8.24. The lowest BCUT2D eigenvalue weighted by molar-refractivity contribution is 0.415. The third kappa shape index (κ3) is 4.47. The van der Waals surface area contributed by atoms with Gasteiger partial charge < -0.3 is 14.6 Å². The van der Waals surface area contributed by atoms with E-state index in [1.807, 2.05) is 60.7 Å². The molecule has 136 valence electrons. The Bertz CT molecular complexity index is 1020. The van der Waals surface area contributed by atoms with Crippen molar-refractivity contribution in [3.63, 3.8) is 0 Å². The van der Waals surface area contributed by atoms with Crippen LogP contribution in [0, 0.1) is 0 Å². The van der Waals surface area contributed by atoms with Crippen LogP contribution < -0.4 is 10.1 Å². The number of rotatable bonds is 7. The van der Waals surface area contributed by atoms with Crippen molar-refractivity contribution in [3.8, 4) is 17.1 Å². The lowest BCUT2D eigenvalue weighted by atomic mass is 10.2.